The first-order valence-corrected chi connectivity index (χ1v) is 6.83. The van der Waals surface area contributed by atoms with Gasteiger partial charge in [-0.25, -0.2) is 0 Å². The van der Waals surface area contributed by atoms with E-state index >= 15 is 0 Å². The number of rotatable bonds is 6. The minimum Gasteiger partial charge on any atom is -0.469 e. The van der Waals surface area contributed by atoms with Crippen molar-refractivity contribution >= 4 is 11.6 Å². The largest absolute Gasteiger partial charge is 0.469 e. The number of nitrogen functional groups attached to an aromatic ring is 1. The third-order valence-electron chi connectivity index (χ3n) is 3.22. The van der Waals surface area contributed by atoms with Gasteiger partial charge in [0.2, 0.25) is 5.91 Å². The lowest BCUT2D eigenvalue weighted by Crippen LogP contribution is -2.30. The zero-order valence-corrected chi connectivity index (χ0v) is 11.7. The van der Waals surface area contributed by atoms with Crippen molar-refractivity contribution in [3.8, 4) is 0 Å². The molecule has 1 aromatic heterocycles. The molecule has 0 radical (unpaired) electrons. The molecule has 0 spiro atoms. The van der Waals surface area contributed by atoms with Gasteiger partial charge in [0.25, 0.3) is 0 Å². The number of hydrogen-bond acceptors (Lipinski definition) is 3. The Balaban J connectivity index is 1.92. The molecule has 1 heterocycles. The number of nitrogens with two attached hydrogens (primary N) is 1. The number of aryl methyl sites for hydroxylation is 1. The van der Waals surface area contributed by atoms with Gasteiger partial charge < -0.3 is 15.1 Å². The first-order valence-electron chi connectivity index (χ1n) is 6.83. The standard InChI is InChI=1S/C16H20N2O2/c1-2-18(12-13-5-3-6-14(17)11-13)16(19)9-8-15-7-4-10-20-15/h3-7,10-11H,2,8-9,12,17H2,1H3. The van der Waals surface area contributed by atoms with E-state index in [9.17, 15) is 4.79 Å². The summed E-state index contributed by atoms with van der Waals surface area (Å²) >= 11 is 0. The maximum atomic E-state index is 12.2. The predicted octanol–water partition coefficient (Wildman–Crippen LogP) is 2.84. The average molecular weight is 272 g/mol. The van der Waals surface area contributed by atoms with Crippen molar-refractivity contribution in [3.63, 3.8) is 0 Å². The number of hydrogen-bond donors (Lipinski definition) is 1. The molecule has 106 valence electrons. The molecule has 0 saturated heterocycles. The second-order valence-electron chi connectivity index (χ2n) is 4.73. The molecular weight excluding hydrogens is 252 g/mol. The van der Waals surface area contributed by atoms with Crippen LogP contribution < -0.4 is 5.73 Å². The van der Waals surface area contributed by atoms with Crippen LogP contribution in [0, 0.1) is 0 Å². The minimum atomic E-state index is 0.131. The summed E-state index contributed by atoms with van der Waals surface area (Å²) < 4.78 is 5.24. The fourth-order valence-electron chi connectivity index (χ4n) is 2.13. The zero-order chi connectivity index (χ0) is 14.4. The molecular formula is C16H20N2O2. The van der Waals surface area contributed by atoms with E-state index in [1.165, 1.54) is 0 Å². The fourth-order valence-corrected chi connectivity index (χ4v) is 2.13. The van der Waals surface area contributed by atoms with Crippen molar-refractivity contribution in [2.45, 2.75) is 26.3 Å². The smallest absolute Gasteiger partial charge is 0.223 e. The molecule has 4 heteroatoms. The van der Waals surface area contributed by atoms with Crippen LogP contribution in [-0.2, 0) is 17.8 Å². The average Bonchev–Trinajstić information content (AvgIpc) is 2.95. The van der Waals surface area contributed by atoms with Crippen LogP contribution >= 0.6 is 0 Å². The SMILES string of the molecule is CCN(Cc1cccc(N)c1)C(=O)CCc1ccco1. The van der Waals surface area contributed by atoms with E-state index in [-0.39, 0.29) is 5.91 Å². The summed E-state index contributed by atoms with van der Waals surface area (Å²) in [4.78, 5) is 14.0. The predicted molar refractivity (Wildman–Crippen MR) is 79.0 cm³/mol. The Bertz CT molecular complexity index is 549. The highest BCUT2D eigenvalue weighted by atomic mass is 16.3. The monoisotopic (exact) mass is 272 g/mol. The molecule has 1 aromatic carbocycles. The number of carbonyl (C=O) groups is 1. The van der Waals surface area contributed by atoms with E-state index in [1.54, 1.807) is 6.26 Å². The fraction of sp³-hybridized carbons (Fsp3) is 0.312. The maximum Gasteiger partial charge on any atom is 0.223 e. The number of carbonyl (C=O) groups excluding carboxylic acids is 1. The molecule has 0 aliphatic rings. The van der Waals surface area contributed by atoms with Gasteiger partial charge in [0, 0.05) is 31.6 Å². The Kier molecular flexibility index (Phi) is 4.82. The topological polar surface area (TPSA) is 59.5 Å². The van der Waals surface area contributed by atoms with Crippen LogP contribution in [-0.4, -0.2) is 17.4 Å². The van der Waals surface area contributed by atoms with Crippen LogP contribution in [0.1, 0.15) is 24.7 Å². The van der Waals surface area contributed by atoms with Gasteiger partial charge in [-0.1, -0.05) is 12.1 Å². The molecule has 0 fully saturated rings. The molecule has 2 N–H and O–H groups in total. The molecule has 1 amide bonds. The number of anilines is 1. The molecule has 2 aromatic rings. The van der Waals surface area contributed by atoms with Crippen LogP contribution in [0.4, 0.5) is 5.69 Å². The van der Waals surface area contributed by atoms with Gasteiger partial charge in [0.1, 0.15) is 5.76 Å². The minimum absolute atomic E-state index is 0.131. The molecule has 2 rings (SSSR count). The van der Waals surface area contributed by atoms with Gasteiger partial charge in [-0.15, -0.1) is 0 Å². The van der Waals surface area contributed by atoms with E-state index in [2.05, 4.69) is 0 Å². The number of nitrogens with zero attached hydrogens (tertiary/aromatic N) is 1. The Labute approximate surface area is 119 Å². The molecule has 0 aliphatic carbocycles. The number of amides is 1. The van der Waals surface area contributed by atoms with Gasteiger partial charge in [-0.3, -0.25) is 4.79 Å². The summed E-state index contributed by atoms with van der Waals surface area (Å²) in [6, 6.07) is 11.4. The van der Waals surface area contributed by atoms with Crippen molar-refractivity contribution in [1.29, 1.82) is 0 Å². The van der Waals surface area contributed by atoms with Crippen molar-refractivity contribution in [3.05, 3.63) is 54.0 Å². The van der Waals surface area contributed by atoms with Crippen molar-refractivity contribution in [2.75, 3.05) is 12.3 Å². The third kappa shape index (κ3) is 3.88. The quantitative estimate of drug-likeness (QED) is 0.823. The van der Waals surface area contributed by atoms with Crippen LogP contribution in [0.25, 0.3) is 0 Å². The molecule has 0 bridgehead atoms. The molecule has 20 heavy (non-hydrogen) atoms. The lowest BCUT2D eigenvalue weighted by Gasteiger charge is -2.21. The Hall–Kier alpha value is -2.23. The lowest BCUT2D eigenvalue weighted by molar-refractivity contribution is -0.131. The van der Waals surface area contributed by atoms with Crippen molar-refractivity contribution in [2.24, 2.45) is 0 Å². The first-order chi connectivity index (χ1) is 9.69. The van der Waals surface area contributed by atoms with Gasteiger partial charge in [-0.05, 0) is 36.8 Å². The summed E-state index contributed by atoms with van der Waals surface area (Å²) in [5, 5.41) is 0. The summed E-state index contributed by atoms with van der Waals surface area (Å²) in [6.45, 7) is 3.27. The maximum absolute atomic E-state index is 12.2. The zero-order valence-electron chi connectivity index (χ0n) is 11.7. The first kappa shape index (κ1) is 14.2. The van der Waals surface area contributed by atoms with E-state index in [4.69, 9.17) is 10.2 Å². The highest BCUT2D eigenvalue weighted by molar-refractivity contribution is 5.76. The van der Waals surface area contributed by atoms with Gasteiger partial charge in [0.15, 0.2) is 0 Å². The Morgan fingerprint density at radius 2 is 2.15 bits per heavy atom. The van der Waals surface area contributed by atoms with Gasteiger partial charge in [0.05, 0.1) is 6.26 Å². The molecule has 0 aliphatic heterocycles. The van der Waals surface area contributed by atoms with E-state index in [1.807, 2.05) is 48.2 Å². The third-order valence-corrected chi connectivity index (χ3v) is 3.22. The van der Waals surface area contributed by atoms with Crippen LogP contribution in [0.2, 0.25) is 0 Å². The second-order valence-corrected chi connectivity index (χ2v) is 4.73. The normalized spacial score (nSPS) is 10.4. The summed E-state index contributed by atoms with van der Waals surface area (Å²) in [5.41, 5.74) is 7.54. The number of benzene rings is 1. The molecule has 0 atom stereocenters. The van der Waals surface area contributed by atoms with Crippen molar-refractivity contribution < 1.29 is 9.21 Å². The van der Waals surface area contributed by atoms with Gasteiger partial charge in [-0.2, -0.15) is 0 Å². The van der Waals surface area contributed by atoms with Crippen LogP contribution in [0.3, 0.4) is 0 Å². The van der Waals surface area contributed by atoms with Crippen LogP contribution in [0.5, 0.6) is 0 Å². The molecule has 0 unspecified atom stereocenters. The molecule has 4 nitrogen and oxygen atoms in total. The molecule has 0 saturated carbocycles. The Morgan fingerprint density at radius 1 is 1.30 bits per heavy atom. The highest BCUT2D eigenvalue weighted by Crippen LogP contribution is 2.12. The van der Waals surface area contributed by atoms with Gasteiger partial charge >= 0.3 is 0 Å². The highest BCUT2D eigenvalue weighted by Gasteiger charge is 2.12. The second kappa shape index (κ2) is 6.80. The summed E-state index contributed by atoms with van der Waals surface area (Å²) in [7, 11) is 0. The van der Waals surface area contributed by atoms with E-state index in [0.29, 0.717) is 25.9 Å². The summed E-state index contributed by atoms with van der Waals surface area (Å²) in [5.74, 6) is 0.977. The van der Waals surface area contributed by atoms with Crippen LogP contribution in [0.15, 0.2) is 47.1 Å². The van der Waals surface area contributed by atoms with Crippen molar-refractivity contribution in [1.82, 2.24) is 4.90 Å². The Morgan fingerprint density at radius 3 is 2.80 bits per heavy atom. The van der Waals surface area contributed by atoms with E-state index < -0.39 is 0 Å². The summed E-state index contributed by atoms with van der Waals surface area (Å²) in [6.07, 6.45) is 2.73. The van der Waals surface area contributed by atoms with E-state index in [0.717, 1.165) is 17.0 Å². The lowest BCUT2D eigenvalue weighted by atomic mass is 10.1. The number of furan rings is 1.